The van der Waals surface area contributed by atoms with Gasteiger partial charge in [0, 0.05) is 6.20 Å². The van der Waals surface area contributed by atoms with Gasteiger partial charge in [-0.25, -0.2) is 9.18 Å². The van der Waals surface area contributed by atoms with Gasteiger partial charge in [0.25, 0.3) is 0 Å². The molecule has 0 radical (unpaired) electrons. The Morgan fingerprint density at radius 2 is 2.30 bits per heavy atom. The second kappa shape index (κ2) is 8.19. The lowest BCUT2D eigenvalue weighted by Gasteiger charge is -2.32. The number of rotatable bonds is 8. The average molecular weight is 407 g/mol. The van der Waals surface area contributed by atoms with Crippen molar-refractivity contribution in [3.63, 3.8) is 0 Å². The molecule has 5 unspecified atom stereocenters. The number of nitrogen functional groups attached to an aromatic ring is 1. The fourth-order valence-corrected chi connectivity index (χ4v) is 2.96. The lowest BCUT2D eigenvalue weighted by molar-refractivity contribution is -0.137. The molecule has 1 aromatic heterocycles. The van der Waals surface area contributed by atoms with Crippen molar-refractivity contribution in [2.45, 2.75) is 43.5 Å². The number of halogens is 2. The van der Waals surface area contributed by atoms with Crippen LogP contribution in [0.15, 0.2) is 17.1 Å². The summed E-state index contributed by atoms with van der Waals surface area (Å²) in [6.07, 6.45) is -3.30. The third kappa shape index (κ3) is 4.14. The summed E-state index contributed by atoms with van der Waals surface area (Å²) in [6, 6.07) is 1.30. The third-order valence-corrected chi connectivity index (χ3v) is 5.27. The van der Waals surface area contributed by atoms with Gasteiger partial charge in [0.1, 0.15) is 23.8 Å². The SMILES string of the molecule is CC(C)C(N)(C=O)COCC1(CCl)OC(n2ccc(N)nc2=O)C(F)C1O. The van der Waals surface area contributed by atoms with Gasteiger partial charge in [-0.2, -0.15) is 4.98 Å². The van der Waals surface area contributed by atoms with Gasteiger partial charge in [-0.15, -0.1) is 11.6 Å². The van der Waals surface area contributed by atoms with Gasteiger partial charge < -0.3 is 30.8 Å². The van der Waals surface area contributed by atoms with Crippen molar-refractivity contribution in [3.8, 4) is 0 Å². The number of ether oxygens (including phenoxy) is 2. The molecule has 0 saturated carbocycles. The topological polar surface area (TPSA) is 143 Å². The van der Waals surface area contributed by atoms with E-state index in [1.165, 1.54) is 12.3 Å². The van der Waals surface area contributed by atoms with Gasteiger partial charge >= 0.3 is 5.69 Å². The minimum absolute atomic E-state index is 0.0287. The standard InChI is InChI=1S/C16H24ClFN4O5/c1-9(2)15(20,6-23)7-26-8-16(5-17)12(24)11(18)13(27-16)22-4-3-10(19)21-14(22)25/h3-4,6,9,11-13,24H,5,7-8,20H2,1-2H3,(H2,19,21,25). The number of carbonyl (C=O) groups is 1. The first-order valence-electron chi connectivity index (χ1n) is 8.34. The highest BCUT2D eigenvalue weighted by atomic mass is 35.5. The van der Waals surface area contributed by atoms with Crippen LogP contribution in [0.4, 0.5) is 10.2 Å². The second-order valence-electron chi connectivity index (χ2n) is 7.02. The summed E-state index contributed by atoms with van der Waals surface area (Å²) in [4.78, 5) is 26.7. The van der Waals surface area contributed by atoms with E-state index in [0.717, 1.165) is 4.57 Å². The number of aliphatic hydroxyl groups is 1. The molecule has 27 heavy (non-hydrogen) atoms. The number of carbonyl (C=O) groups excluding carboxylic acids is 1. The summed E-state index contributed by atoms with van der Waals surface area (Å²) < 4.78 is 26.7. The zero-order chi connectivity index (χ0) is 20.4. The monoisotopic (exact) mass is 406 g/mol. The van der Waals surface area contributed by atoms with E-state index in [2.05, 4.69) is 4.98 Å². The first-order chi connectivity index (χ1) is 12.6. The molecule has 0 bridgehead atoms. The fourth-order valence-electron chi connectivity index (χ4n) is 2.66. The molecule has 2 rings (SSSR count). The van der Waals surface area contributed by atoms with Gasteiger partial charge in [0.05, 0.1) is 24.6 Å². The van der Waals surface area contributed by atoms with Crippen molar-refractivity contribution < 1.29 is 23.8 Å². The molecule has 1 fully saturated rings. The van der Waals surface area contributed by atoms with Crippen molar-refractivity contribution in [2.24, 2.45) is 11.7 Å². The normalized spacial score (nSPS) is 30.4. The van der Waals surface area contributed by atoms with Gasteiger partial charge in [-0.1, -0.05) is 13.8 Å². The Bertz CT molecular complexity index is 735. The molecule has 2 heterocycles. The molecular formula is C16H24ClFN4O5. The van der Waals surface area contributed by atoms with Crippen LogP contribution in [0.5, 0.6) is 0 Å². The molecule has 1 aliphatic rings. The summed E-state index contributed by atoms with van der Waals surface area (Å²) >= 11 is 5.93. The summed E-state index contributed by atoms with van der Waals surface area (Å²) in [7, 11) is 0. The smallest absolute Gasteiger partial charge is 0.351 e. The number of aromatic nitrogens is 2. The van der Waals surface area contributed by atoms with E-state index < -0.39 is 35.3 Å². The zero-order valence-corrected chi connectivity index (χ0v) is 15.8. The van der Waals surface area contributed by atoms with E-state index in [4.69, 9.17) is 32.5 Å². The summed E-state index contributed by atoms with van der Waals surface area (Å²) in [5, 5.41) is 10.4. The highest BCUT2D eigenvalue weighted by molar-refractivity contribution is 6.18. The molecule has 0 spiro atoms. The second-order valence-corrected chi connectivity index (χ2v) is 7.28. The number of aldehydes is 1. The first kappa shape index (κ1) is 21.7. The molecule has 0 aliphatic carbocycles. The largest absolute Gasteiger partial charge is 0.387 e. The number of hydrogen-bond donors (Lipinski definition) is 3. The van der Waals surface area contributed by atoms with Crippen LogP contribution < -0.4 is 17.2 Å². The Kier molecular flexibility index (Phi) is 6.59. The van der Waals surface area contributed by atoms with Crippen molar-refractivity contribution in [2.75, 3.05) is 24.8 Å². The minimum atomic E-state index is -1.96. The third-order valence-electron chi connectivity index (χ3n) is 4.81. The van der Waals surface area contributed by atoms with E-state index in [0.29, 0.717) is 6.29 Å². The lowest BCUT2D eigenvalue weighted by Crippen LogP contribution is -2.53. The Balaban J connectivity index is 2.19. The van der Waals surface area contributed by atoms with E-state index in [1.807, 2.05) is 0 Å². The Morgan fingerprint density at radius 3 is 2.81 bits per heavy atom. The Morgan fingerprint density at radius 1 is 1.63 bits per heavy atom. The highest BCUT2D eigenvalue weighted by Crippen LogP contribution is 2.39. The van der Waals surface area contributed by atoms with Crippen molar-refractivity contribution >= 4 is 23.7 Å². The van der Waals surface area contributed by atoms with Gasteiger partial charge in [0.15, 0.2) is 12.4 Å². The Hall–Kier alpha value is -1.59. The number of alkyl halides is 2. The number of hydrogen-bond acceptors (Lipinski definition) is 8. The van der Waals surface area contributed by atoms with Crippen molar-refractivity contribution in [1.29, 1.82) is 0 Å². The van der Waals surface area contributed by atoms with Gasteiger partial charge in [-0.3, -0.25) is 4.57 Å². The number of aliphatic hydroxyl groups excluding tert-OH is 1. The minimum Gasteiger partial charge on any atom is -0.387 e. The van der Waals surface area contributed by atoms with Crippen LogP contribution >= 0.6 is 11.6 Å². The van der Waals surface area contributed by atoms with Crippen LogP contribution in [-0.2, 0) is 14.3 Å². The maximum Gasteiger partial charge on any atom is 0.351 e. The van der Waals surface area contributed by atoms with Crippen LogP contribution in [0.2, 0.25) is 0 Å². The molecule has 9 nitrogen and oxygen atoms in total. The molecule has 1 saturated heterocycles. The summed E-state index contributed by atoms with van der Waals surface area (Å²) in [6.45, 7) is 3.01. The fraction of sp³-hybridized carbons (Fsp3) is 0.688. The molecule has 0 aromatic carbocycles. The number of anilines is 1. The quantitative estimate of drug-likeness (QED) is 0.391. The molecule has 152 valence electrons. The molecule has 1 aliphatic heterocycles. The number of nitrogens with two attached hydrogens (primary N) is 2. The van der Waals surface area contributed by atoms with E-state index >= 15 is 0 Å². The van der Waals surface area contributed by atoms with Crippen LogP contribution in [-0.4, -0.2) is 63.5 Å². The van der Waals surface area contributed by atoms with Crippen molar-refractivity contribution in [1.82, 2.24) is 9.55 Å². The van der Waals surface area contributed by atoms with E-state index in [-0.39, 0.29) is 30.8 Å². The van der Waals surface area contributed by atoms with Crippen LogP contribution in [0.25, 0.3) is 0 Å². The molecule has 11 heteroatoms. The maximum absolute atomic E-state index is 14.7. The average Bonchev–Trinajstić information content (AvgIpc) is 2.87. The summed E-state index contributed by atoms with van der Waals surface area (Å²) in [5.41, 5.74) is 7.67. The van der Waals surface area contributed by atoms with Crippen molar-refractivity contribution in [3.05, 3.63) is 22.7 Å². The highest BCUT2D eigenvalue weighted by Gasteiger charge is 2.56. The zero-order valence-electron chi connectivity index (χ0n) is 15.0. The molecule has 5 N–H and O–H groups in total. The molecular weight excluding hydrogens is 383 g/mol. The molecule has 5 atom stereocenters. The first-order valence-corrected chi connectivity index (χ1v) is 8.87. The van der Waals surface area contributed by atoms with Crippen LogP contribution in [0.3, 0.4) is 0 Å². The molecule has 1 aromatic rings. The van der Waals surface area contributed by atoms with Gasteiger partial charge in [0.2, 0.25) is 0 Å². The maximum atomic E-state index is 14.7. The van der Waals surface area contributed by atoms with E-state index in [1.54, 1.807) is 13.8 Å². The van der Waals surface area contributed by atoms with Crippen LogP contribution in [0.1, 0.15) is 20.1 Å². The Labute approximate surface area is 160 Å². The predicted molar refractivity (Wildman–Crippen MR) is 96.0 cm³/mol. The van der Waals surface area contributed by atoms with E-state index in [9.17, 15) is 19.1 Å². The lowest BCUT2D eigenvalue weighted by atomic mass is 9.90. The predicted octanol–water partition coefficient (Wildman–Crippen LogP) is -0.400. The summed E-state index contributed by atoms with van der Waals surface area (Å²) in [5.74, 6) is -0.556. The molecule has 0 amide bonds. The van der Waals surface area contributed by atoms with Gasteiger partial charge in [-0.05, 0) is 12.0 Å². The van der Waals surface area contributed by atoms with Crippen LogP contribution in [0, 0.1) is 5.92 Å². The number of nitrogens with zero attached hydrogens (tertiary/aromatic N) is 2.